The number of nitrogens with zero attached hydrogens (tertiary/aromatic N) is 2. The maximum absolute atomic E-state index is 2.50. The minimum absolute atomic E-state index is 0.139. The van der Waals surface area contributed by atoms with Gasteiger partial charge in [-0.2, -0.15) is 0 Å². The summed E-state index contributed by atoms with van der Waals surface area (Å²) in [6.07, 6.45) is 0. The fourth-order valence-corrected chi connectivity index (χ4v) is 11.1. The molecule has 0 spiro atoms. The minimum Gasteiger partial charge on any atom is -0.310 e. The molecule has 2 nitrogen and oxygen atoms in total. The molecule has 0 atom stereocenters. The molecule has 0 amide bonds. The van der Waals surface area contributed by atoms with Gasteiger partial charge in [-0.15, -0.1) is 0 Å². The molecule has 2 heterocycles. The second-order valence-electron chi connectivity index (χ2n) is 18.8. The summed E-state index contributed by atoms with van der Waals surface area (Å²) in [5.74, 6) is 0. The summed E-state index contributed by atoms with van der Waals surface area (Å²) < 4.78 is 0. The van der Waals surface area contributed by atoms with Crippen LogP contribution in [0.3, 0.4) is 0 Å². The quantitative estimate of drug-likeness (QED) is 0.164. The highest BCUT2D eigenvalue weighted by Crippen LogP contribution is 2.56. The number of hydrogen-bond acceptors (Lipinski definition) is 2. The Morgan fingerprint density at radius 3 is 0.968 bits per heavy atom. The van der Waals surface area contributed by atoms with Crippen molar-refractivity contribution in [1.29, 1.82) is 0 Å². The lowest BCUT2D eigenvalue weighted by Gasteiger charge is -2.42. The number of anilines is 6. The summed E-state index contributed by atoms with van der Waals surface area (Å²) in [6, 6.07) is 64.3. The fourth-order valence-electron chi connectivity index (χ4n) is 11.1. The summed E-state index contributed by atoms with van der Waals surface area (Å²) in [6.45, 7) is 18.4. The van der Waals surface area contributed by atoms with Crippen LogP contribution in [0.5, 0.6) is 0 Å². The average Bonchev–Trinajstić information content (AvgIpc) is 3.26. The molecule has 0 radical (unpaired) electrons. The molecule has 0 aromatic heterocycles. The smallest absolute Gasteiger partial charge is 0.0502 e. The first-order valence-corrected chi connectivity index (χ1v) is 22.1. The first-order valence-electron chi connectivity index (χ1n) is 22.1. The molecule has 0 aliphatic carbocycles. The van der Waals surface area contributed by atoms with Gasteiger partial charge in [0.25, 0.3) is 0 Å². The molecule has 0 unspecified atom stereocenters. The number of rotatable bonds is 4. The van der Waals surface area contributed by atoms with E-state index in [2.05, 4.69) is 235 Å². The van der Waals surface area contributed by atoms with Gasteiger partial charge in [0.05, 0.1) is 22.7 Å². The van der Waals surface area contributed by atoms with E-state index in [-0.39, 0.29) is 10.8 Å². The molecule has 0 fully saturated rings. The SMILES string of the molecule is Cc1ccc(-c2c3ccc(N4c5ccccc5C(C)(C)c5ccccc54)cc3c(-c3ccc(C)cc3C)c3ccc(N4c5ccccc5C(C)(C)c5ccccc54)cc23)c(C)c1. The lowest BCUT2D eigenvalue weighted by Crippen LogP contribution is -2.30. The van der Waals surface area contributed by atoms with Crippen molar-refractivity contribution in [2.75, 3.05) is 9.80 Å². The summed E-state index contributed by atoms with van der Waals surface area (Å²) in [5, 5.41) is 5.00. The van der Waals surface area contributed by atoms with Crippen LogP contribution in [0.2, 0.25) is 0 Å². The van der Waals surface area contributed by atoms with Crippen molar-refractivity contribution in [2.24, 2.45) is 0 Å². The molecule has 11 rings (SSSR count). The van der Waals surface area contributed by atoms with Gasteiger partial charge in [0, 0.05) is 22.2 Å². The van der Waals surface area contributed by atoms with Gasteiger partial charge in [-0.25, -0.2) is 0 Å². The standard InChI is InChI=1S/C60H52N2/c1-37-25-29-43(39(3)33-37)57-45-31-27-42(62-55-23-15-11-19-51(55)60(7,8)52-20-12-16-24-56(52)62)36-48(45)58(44-30-26-38(2)34-40(44)4)46-32-28-41(35-47(46)57)61-53-21-13-9-17-49(53)59(5,6)50-18-10-14-22-54(50)61/h9-36H,1-8H3. The van der Waals surface area contributed by atoms with Crippen LogP contribution >= 0.6 is 0 Å². The van der Waals surface area contributed by atoms with Crippen LogP contribution in [0, 0.1) is 27.7 Å². The van der Waals surface area contributed by atoms with Gasteiger partial charge in [0.15, 0.2) is 0 Å². The van der Waals surface area contributed by atoms with E-state index in [0.717, 1.165) is 11.4 Å². The number of benzene rings is 9. The maximum atomic E-state index is 2.50. The largest absolute Gasteiger partial charge is 0.310 e. The Balaban J connectivity index is 1.26. The van der Waals surface area contributed by atoms with Crippen LogP contribution in [0.25, 0.3) is 43.8 Å². The normalized spacial score (nSPS) is 14.6. The zero-order valence-electron chi connectivity index (χ0n) is 37.1. The molecule has 302 valence electrons. The molecule has 9 aromatic carbocycles. The molecule has 62 heavy (non-hydrogen) atoms. The molecule has 9 aromatic rings. The van der Waals surface area contributed by atoms with E-state index in [1.54, 1.807) is 0 Å². The number of fused-ring (bicyclic) bond motifs is 6. The average molecular weight is 801 g/mol. The molecular formula is C60H52N2. The van der Waals surface area contributed by atoms with Crippen molar-refractivity contribution in [3.8, 4) is 22.3 Å². The Morgan fingerprint density at radius 2 is 0.645 bits per heavy atom. The number of para-hydroxylation sites is 4. The number of hydrogen-bond donors (Lipinski definition) is 0. The third-order valence-electron chi connectivity index (χ3n) is 14.2. The lowest BCUT2D eigenvalue weighted by atomic mass is 9.73. The van der Waals surface area contributed by atoms with Gasteiger partial charge in [-0.1, -0.05) is 160 Å². The third kappa shape index (κ3) is 5.55. The van der Waals surface area contributed by atoms with Crippen LogP contribution in [0.1, 0.15) is 72.2 Å². The number of aryl methyl sites for hydroxylation is 4. The van der Waals surface area contributed by atoms with Crippen molar-refractivity contribution in [3.63, 3.8) is 0 Å². The highest BCUT2D eigenvalue weighted by molar-refractivity contribution is 6.23. The third-order valence-corrected chi connectivity index (χ3v) is 14.2. The molecule has 2 aliphatic rings. The summed E-state index contributed by atoms with van der Waals surface area (Å²) in [4.78, 5) is 5.00. The van der Waals surface area contributed by atoms with Crippen LogP contribution < -0.4 is 9.80 Å². The van der Waals surface area contributed by atoms with E-state index in [0.29, 0.717) is 0 Å². The van der Waals surface area contributed by atoms with E-state index in [1.807, 2.05) is 0 Å². The van der Waals surface area contributed by atoms with E-state index in [9.17, 15) is 0 Å². The molecule has 0 saturated heterocycles. The molecule has 2 heteroatoms. The van der Waals surface area contributed by atoms with Crippen molar-refractivity contribution < 1.29 is 0 Å². The topological polar surface area (TPSA) is 6.48 Å². The Bertz CT molecular complexity index is 2990. The molecule has 0 saturated carbocycles. The Labute approximate surface area is 366 Å². The van der Waals surface area contributed by atoms with Gasteiger partial charge >= 0.3 is 0 Å². The van der Waals surface area contributed by atoms with Crippen molar-refractivity contribution in [3.05, 3.63) is 214 Å². The summed E-state index contributed by atoms with van der Waals surface area (Å²) in [7, 11) is 0. The van der Waals surface area contributed by atoms with Gasteiger partial charge in [-0.3, -0.25) is 0 Å². The van der Waals surface area contributed by atoms with Crippen molar-refractivity contribution in [1.82, 2.24) is 0 Å². The summed E-state index contributed by atoms with van der Waals surface area (Å²) >= 11 is 0. The van der Waals surface area contributed by atoms with Crippen LogP contribution in [0.15, 0.2) is 170 Å². The lowest BCUT2D eigenvalue weighted by molar-refractivity contribution is 0.632. The molecular weight excluding hydrogens is 749 g/mol. The van der Waals surface area contributed by atoms with Gasteiger partial charge in [0.2, 0.25) is 0 Å². The van der Waals surface area contributed by atoms with Gasteiger partial charge in [0.1, 0.15) is 0 Å². The zero-order chi connectivity index (χ0) is 42.7. The monoisotopic (exact) mass is 800 g/mol. The Kier molecular flexibility index (Phi) is 8.48. The van der Waals surface area contributed by atoms with E-state index < -0.39 is 0 Å². The van der Waals surface area contributed by atoms with Crippen molar-refractivity contribution >= 4 is 55.7 Å². The minimum atomic E-state index is -0.139. The highest BCUT2D eigenvalue weighted by atomic mass is 15.2. The predicted molar refractivity (Wildman–Crippen MR) is 265 cm³/mol. The molecule has 0 bridgehead atoms. The highest BCUT2D eigenvalue weighted by Gasteiger charge is 2.38. The maximum Gasteiger partial charge on any atom is 0.0502 e. The van der Waals surface area contributed by atoms with Gasteiger partial charge in [-0.05, 0) is 153 Å². The Hall–Kier alpha value is -6.90. The predicted octanol–water partition coefficient (Wildman–Crippen LogP) is 16.8. The van der Waals surface area contributed by atoms with Crippen LogP contribution in [-0.4, -0.2) is 0 Å². The Morgan fingerprint density at radius 1 is 0.323 bits per heavy atom. The second-order valence-corrected chi connectivity index (χ2v) is 18.8. The van der Waals surface area contributed by atoms with Crippen LogP contribution in [-0.2, 0) is 10.8 Å². The van der Waals surface area contributed by atoms with E-state index in [1.165, 1.54) is 111 Å². The van der Waals surface area contributed by atoms with E-state index >= 15 is 0 Å². The first-order chi connectivity index (χ1) is 29.9. The fraction of sp³-hybridized carbons (Fsp3) is 0.167. The van der Waals surface area contributed by atoms with Crippen molar-refractivity contribution in [2.45, 2.75) is 66.2 Å². The summed E-state index contributed by atoms with van der Waals surface area (Å²) in [5.41, 5.74) is 22.4. The van der Waals surface area contributed by atoms with Gasteiger partial charge < -0.3 is 9.80 Å². The van der Waals surface area contributed by atoms with E-state index in [4.69, 9.17) is 0 Å². The van der Waals surface area contributed by atoms with Crippen LogP contribution in [0.4, 0.5) is 34.1 Å². The first kappa shape index (κ1) is 38.1. The second kappa shape index (κ2) is 13.8. The molecule has 2 aliphatic heterocycles. The zero-order valence-corrected chi connectivity index (χ0v) is 37.1. The molecule has 0 N–H and O–H groups in total.